The van der Waals surface area contributed by atoms with Crippen LogP contribution in [-0.4, -0.2) is 84.8 Å². The van der Waals surface area contributed by atoms with Gasteiger partial charge >= 0.3 is 0 Å². The van der Waals surface area contributed by atoms with E-state index in [0.717, 1.165) is 86.5 Å². The first-order chi connectivity index (χ1) is 35.7. The van der Waals surface area contributed by atoms with Gasteiger partial charge in [0.25, 0.3) is 0 Å². The second-order valence-corrected chi connectivity index (χ2v) is 20.6. The van der Waals surface area contributed by atoms with Crippen molar-refractivity contribution < 1.29 is 28.8 Å². The van der Waals surface area contributed by atoms with Gasteiger partial charge in [0.1, 0.15) is 24.2 Å². The molecule has 4 aromatic rings. The zero-order chi connectivity index (χ0) is 53.5. The number of carbonyl (C=O) groups excluding carboxylic acids is 6. The fourth-order valence-corrected chi connectivity index (χ4v) is 8.90. The summed E-state index contributed by atoms with van der Waals surface area (Å²) in [6.07, 6.45) is 12.2. The van der Waals surface area contributed by atoms with Crippen molar-refractivity contribution >= 4 is 35.4 Å². The molecule has 14 nitrogen and oxygen atoms in total. The lowest BCUT2D eigenvalue weighted by Crippen LogP contribution is -2.57. The van der Waals surface area contributed by atoms with Crippen molar-refractivity contribution in [2.45, 2.75) is 167 Å². The molecule has 0 aliphatic heterocycles. The monoisotopic (exact) mass is 1010 g/mol. The SMILES string of the molecule is CC(C)C[C@@H](N)C(=O)N[C@H](Cc1ccccc1)C(=O)N[C@H](Cc1ccccc1)C(=O)NCCCCCCCCCCCCNC(=O)[C@@H](Cc1ccccc1)NC(=O)[C@@H](Cc1ccccc1)NC(=O)[C@H](N)CC(C)C. The maximum Gasteiger partial charge on any atom is 0.243 e. The molecule has 0 spiro atoms. The van der Waals surface area contributed by atoms with E-state index in [1.165, 1.54) is 0 Å². The topological polar surface area (TPSA) is 227 Å². The zero-order valence-electron chi connectivity index (χ0n) is 44.5. The van der Waals surface area contributed by atoms with Crippen LogP contribution in [-0.2, 0) is 54.5 Å². The number of amides is 6. The van der Waals surface area contributed by atoms with E-state index in [4.69, 9.17) is 11.5 Å². The maximum absolute atomic E-state index is 13.9. The summed E-state index contributed by atoms with van der Waals surface area (Å²) >= 11 is 0. The van der Waals surface area contributed by atoms with Crippen molar-refractivity contribution in [1.82, 2.24) is 31.9 Å². The summed E-state index contributed by atoms with van der Waals surface area (Å²) in [5.74, 6) is -1.80. The Morgan fingerprint density at radius 2 is 0.568 bits per heavy atom. The van der Waals surface area contributed by atoms with E-state index < -0.39 is 59.9 Å². The van der Waals surface area contributed by atoms with Gasteiger partial charge in [0.05, 0.1) is 12.1 Å². The Morgan fingerprint density at radius 1 is 0.338 bits per heavy atom. The molecule has 10 N–H and O–H groups in total. The molecular weight excluding hydrogens is 929 g/mol. The molecule has 4 rings (SSSR count). The average Bonchev–Trinajstić information content (AvgIpc) is 3.38. The van der Waals surface area contributed by atoms with Crippen molar-refractivity contribution in [1.29, 1.82) is 0 Å². The van der Waals surface area contributed by atoms with Crippen LogP contribution >= 0.6 is 0 Å². The van der Waals surface area contributed by atoms with Gasteiger partial charge in [-0.05, 0) is 59.8 Å². The minimum Gasteiger partial charge on any atom is -0.354 e. The van der Waals surface area contributed by atoms with Crippen molar-refractivity contribution in [2.24, 2.45) is 23.3 Å². The molecule has 402 valence electrons. The van der Waals surface area contributed by atoms with Crippen molar-refractivity contribution in [2.75, 3.05) is 13.1 Å². The van der Waals surface area contributed by atoms with E-state index in [9.17, 15) is 28.8 Å². The van der Waals surface area contributed by atoms with Crippen LogP contribution in [0, 0.1) is 11.8 Å². The Hall–Kier alpha value is -6.38. The molecule has 74 heavy (non-hydrogen) atoms. The number of unbranched alkanes of at least 4 members (excludes halogenated alkanes) is 9. The van der Waals surface area contributed by atoms with Gasteiger partial charge in [-0.3, -0.25) is 28.8 Å². The van der Waals surface area contributed by atoms with Gasteiger partial charge < -0.3 is 43.4 Å². The number of nitrogens with two attached hydrogens (primary N) is 2. The molecule has 0 aliphatic carbocycles. The molecule has 0 unspecified atom stereocenters. The van der Waals surface area contributed by atoms with E-state index in [0.29, 0.717) is 38.8 Å². The van der Waals surface area contributed by atoms with Crippen LogP contribution in [0.5, 0.6) is 0 Å². The molecule has 0 aliphatic rings. The van der Waals surface area contributed by atoms with Crippen LogP contribution in [0.1, 0.15) is 127 Å². The molecule has 14 heteroatoms. The van der Waals surface area contributed by atoms with E-state index in [-0.39, 0.29) is 36.5 Å². The smallest absolute Gasteiger partial charge is 0.243 e. The van der Waals surface area contributed by atoms with E-state index in [1.807, 2.05) is 149 Å². The molecule has 6 atom stereocenters. The van der Waals surface area contributed by atoms with Crippen LogP contribution < -0.4 is 43.4 Å². The average molecular weight is 1020 g/mol. The third kappa shape index (κ3) is 24.1. The van der Waals surface area contributed by atoms with Gasteiger partial charge in [-0.2, -0.15) is 0 Å². The van der Waals surface area contributed by atoms with Crippen LogP contribution in [0.15, 0.2) is 121 Å². The Balaban J connectivity index is 1.16. The van der Waals surface area contributed by atoms with Crippen LogP contribution in [0.4, 0.5) is 0 Å². The van der Waals surface area contributed by atoms with E-state index in [2.05, 4.69) is 31.9 Å². The highest BCUT2D eigenvalue weighted by Crippen LogP contribution is 2.14. The number of nitrogens with one attached hydrogen (secondary N) is 6. The molecule has 0 heterocycles. The minimum atomic E-state index is -0.915. The Kier molecular flexibility index (Phi) is 27.8. The second kappa shape index (κ2) is 34.2. The number of hydrogen-bond donors (Lipinski definition) is 8. The molecule has 0 aromatic heterocycles. The zero-order valence-corrected chi connectivity index (χ0v) is 44.5. The number of carbonyl (C=O) groups is 6. The lowest BCUT2D eigenvalue weighted by Gasteiger charge is -2.25. The molecule has 4 aromatic carbocycles. The van der Waals surface area contributed by atoms with Gasteiger partial charge in [0.15, 0.2) is 0 Å². The van der Waals surface area contributed by atoms with Gasteiger partial charge in [0.2, 0.25) is 35.4 Å². The summed E-state index contributed by atoms with van der Waals surface area (Å²) in [4.78, 5) is 81.3. The van der Waals surface area contributed by atoms with Crippen LogP contribution in [0.3, 0.4) is 0 Å². The van der Waals surface area contributed by atoms with Crippen molar-refractivity contribution in [3.63, 3.8) is 0 Å². The maximum atomic E-state index is 13.9. The highest BCUT2D eigenvalue weighted by atomic mass is 16.2. The van der Waals surface area contributed by atoms with Crippen molar-refractivity contribution in [3.8, 4) is 0 Å². The summed E-state index contributed by atoms with van der Waals surface area (Å²) in [5, 5.41) is 17.7. The first-order valence-corrected chi connectivity index (χ1v) is 27.1. The highest BCUT2D eigenvalue weighted by molar-refractivity contribution is 5.94. The van der Waals surface area contributed by atoms with Gasteiger partial charge in [0, 0.05) is 38.8 Å². The Morgan fingerprint density at radius 3 is 0.824 bits per heavy atom. The first kappa shape index (κ1) is 60.2. The Labute approximate surface area is 441 Å². The second-order valence-electron chi connectivity index (χ2n) is 20.6. The predicted octanol–water partition coefficient (Wildman–Crippen LogP) is 6.78. The van der Waals surface area contributed by atoms with Gasteiger partial charge in [-0.1, -0.05) is 200 Å². The molecule has 6 amide bonds. The standard InChI is InChI=1S/C60H86N8O6/c1-43(2)37-49(61)55(69)65-53(41-47-31-21-15-22-32-47)59(73)67-51(39-45-27-17-13-18-28-45)57(71)63-35-25-11-9-7-5-6-8-10-12-26-36-64-58(72)52(40-46-29-19-14-20-30-46)68-60(74)54(42-48-33-23-16-24-34-48)66-56(70)50(62)38-44(3)4/h13-24,27-34,43-44,49-54H,5-12,25-26,35-42,61-62H2,1-4H3,(H,63,71)(H,64,72)(H,65,69)(H,66,70)(H,67,73)(H,68,74)/t49-,50-,51-,52-,53-,54-/m1/s1. The first-order valence-electron chi connectivity index (χ1n) is 27.1. The lowest BCUT2D eigenvalue weighted by atomic mass is 10.0. The van der Waals surface area contributed by atoms with Crippen molar-refractivity contribution in [3.05, 3.63) is 144 Å². The fraction of sp³-hybridized carbons (Fsp3) is 0.500. The molecular formula is C60H86N8O6. The number of benzene rings is 4. The summed E-state index contributed by atoms with van der Waals surface area (Å²) in [6.45, 7) is 8.94. The fourth-order valence-electron chi connectivity index (χ4n) is 8.90. The normalized spacial score (nSPS) is 13.7. The van der Waals surface area contributed by atoms with Crippen LogP contribution in [0.25, 0.3) is 0 Å². The van der Waals surface area contributed by atoms with E-state index in [1.54, 1.807) is 0 Å². The quantitative estimate of drug-likeness (QED) is 0.0229. The molecule has 0 radical (unpaired) electrons. The third-order valence-electron chi connectivity index (χ3n) is 13.0. The Bertz CT molecular complexity index is 2090. The molecule has 0 fully saturated rings. The van der Waals surface area contributed by atoms with Gasteiger partial charge in [-0.15, -0.1) is 0 Å². The van der Waals surface area contributed by atoms with Gasteiger partial charge in [-0.25, -0.2) is 0 Å². The number of rotatable bonds is 35. The molecule has 0 bridgehead atoms. The summed E-state index contributed by atoms with van der Waals surface area (Å²) in [6, 6.07) is 33.0. The van der Waals surface area contributed by atoms with E-state index >= 15 is 0 Å². The van der Waals surface area contributed by atoms with Crippen LogP contribution in [0.2, 0.25) is 0 Å². The largest absolute Gasteiger partial charge is 0.354 e. The molecule has 0 saturated heterocycles. The predicted molar refractivity (Wildman–Crippen MR) is 295 cm³/mol. The molecule has 0 saturated carbocycles. The lowest BCUT2D eigenvalue weighted by molar-refractivity contribution is -0.132. The summed E-state index contributed by atoms with van der Waals surface area (Å²) in [7, 11) is 0. The summed E-state index contributed by atoms with van der Waals surface area (Å²) in [5.41, 5.74) is 16.0. The number of hydrogen-bond acceptors (Lipinski definition) is 8. The minimum absolute atomic E-state index is 0.209. The highest BCUT2D eigenvalue weighted by Gasteiger charge is 2.31. The summed E-state index contributed by atoms with van der Waals surface area (Å²) < 4.78 is 0. The third-order valence-corrected chi connectivity index (χ3v) is 13.0.